The molecular formula is C18H18. The average molecular weight is 234 g/mol. The van der Waals surface area contributed by atoms with E-state index >= 15 is 0 Å². The van der Waals surface area contributed by atoms with Crippen LogP contribution in [0.2, 0.25) is 0 Å². The van der Waals surface area contributed by atoms with Gasteiger partial charge < -0.3 is 0 Å². The summed E-state index contributed by atoms with van der Waals surface area (Å²) < 4.78 is 0. The lowest BCUT2D eigenvalue weighted by molar-refractivity contribution is -0.633. The third-order valence-corrected chi connectivity index (χ3v) is 12.4. The van der Waals surface area contributed by atoms with Crippen LogP contribution in [0.15, 0.2) is 0 Å². The Morgan fingerprint density at radius 2 is 0.667 bits per heavy atom. The molecule has 18 heavy (non-hydrogen) atoms. The lowest BCUT2D eigenvalue weighted by Crippen LogP contribution is -3.06. The second kappa shape index (κ2) is 1.39. The molecule has 0 saturated heterocycles. The first-order valence-electron chi connectivity index (χ1n) is 8.94. The molecule has 0 nitrogen and oxygen atoms in total. The molecule has 0 aromatic rings. The number of rotatable bonds is 3. The van der Waals surface area contributed by atoms with E-state index in [1.807, 2.05) is 0 Å². The van der Waals surface area contributed by atoms with Crippen molar-refractivity contribution in [3.63, 3.8) is 0 Å². The van der Waals surface area contributed by atoms with Crippen molar-refractivity contribution in [2.75, 3.05) is 0 Å². The average Bonchev–Trinajstić information content (AvgIpc) is 2.46. The molecule has 12 aliphatic rings. The monoisotopic (exact) mass is 234 g/mol. The summed E-state index contributed by atoms with van der Waals surface area (Å²) in [4.78, 5) is 0. The zero-order valence-electron chi connectivity index (χ0n) is 10.5. The molecular weight excluding hydrogens is 216 g/mol. The Morgan fingerprint density at radius 1 is 0.389 bits per heavy atom. The molecule has 0 heteroatoms. The van der Waals surface area contributed by atoms with Crippen LogP contribution in [0.5, 0.6) is 0 Å². The molecule has 0 heterocycles. The fraction of sp³-hybridized carbons (Fsp3) is 1.00. The molecule has 12 rings (SSSR count). The summed E-state index contributed by atoms with van der Waals surface area (Å²) in [5.41, 5.74) is 2.09. The van der Waals surface area contributed by atoms with Gasteiger partial charge in [0.15, 0.2) is 0 Å². The molecule has 0 aromatic heterocycles. The van der Waals surface area contributed by atoms with E-state index in [0.717, 1.165) is 10.8 Å². The molecule has 0 radical (unpaired) electrons. The molecule has 0 unspecified atom stereocenters. The van der Waals surface area contributed by atoms with Crippen molar-refractivity contribution in [3.05, 3.63) is 0 Å². The van der Waals surface area contributed by atoms with Crippen molar-refractivity contribution in [2.45, 2.75) is 12.8 Å². The van der Waals surface area contributed by atoms with Crippen molar-refractivity contribution in [1.29, 1.82) is 0 Å². The van der Waals surface area contributed by atoms with Crippen LogP contribution < -0.4 is 0 Å². The maximum absolute atomic E-state index is 1.74. The molecule has 0 aromatic carbocycles. The molecule has 0 N–H and O–H groups in total. The van der Waals surface area contributed by atoms with Gasteiger partial charge in [0.05, 0.1) is 0 Å². The molecule has 0 spiro atoms. The number of hydrogen-bond acceptors (Lipinski definition) is 0. The molecule has 90 valence electrons. The summed E-state index contributed by atoms with van der Waals surface area (Å²) in [5.74, 6) is 18.6. The summed E-state index contributed by atoms with van der Waals surface area (Å²) in [6.07, 6.45) is 3.48. The van der Waals surface area contributed by atoms with Crippen molar-refractivity contribution >= 4 is 0 Å². The van der Waals surface area contributed by atoms with Gasteiger partial charge in [-0.2, -0.15) is 0 Å². The van der Waals surface area contributed by atoms with E-state index in [9.17, 15) is 0 Å². The van der Waals surface area contributed by atoms with Crippen molar-refractivity contribution in [3.8, 4) is 0 Å². The maximum Gasteiger partial charge on any atom is -0.0195 e. The highest BCUT2D eigenvalue weighted by Crippen LogP contribution is 3.09. The van der Waals surface area contributed by atoms with E-state index in [2.05, 4.69) is 0 Å². The minimum atomic E-state index is 1.05. The van der Waals surface area contributed by atoms with E-state index in [-0.39, 0.29) is 0 Å². The van der Waals surface area contributed by atoms with E-state index in [4.69, 9.17) is 0 Å². The van der Waals surface area contributed by atoms with E-state index < -0.39 is 0 Å². The Balaban J connectivity index is 1.05. The Kier molecular flexibility index (Phi) is 0.550. The maximum atomic E-state index is 1.74. The Hall–Kier alpha value is 0. The predicted octanol–water partition coefficient (Wildman–Crippen LogP) is 2.50. The fourth-order valence-corrected chi connectivity index (χ4v) is 12.8. The molecule has 0 bridgehead atoms. The lowest BCUT2D eigenvalue weighted by Gasteiger charge is -3.10. The largest absolute Gasteiger partial charge is 0.0462 e. The van der Waals surface area contributed by atoms with Crippen LogP contribution in [0.4, 0.5) is 0 Å². The zero-order chi connectivity index (χ0) is 10.5. The lowest BCUT2D eigenvalue weighted by atomic mass is 8.94. The minimum Gasteiger partial charge on any atom is -0.0462 e. The van der Waals surface area contributed by atoms with Crippen molar-refractivity contribution in [2.24, 2.45) is 93.7 Å². The quantitative estimate of drug-likeness (QED) is 0.704. The molecule has 12 saturated carbocycles. The standard InChI is InChI=1S/C18H18/c1(17-11-5-3-6(11)13(17)7(3)12(5)17)2-18-14-8-4-9(14)16(18)10(4)15(8)18/h3-16H,1-2H2. The van der Waals surface area contributed by atoms with Gasteiger partial charge in [-0.25, -0.2) is 0 Å². The minimum absolute atomic E-state index is 1.05. The molecule has 12 aliphatic carbocycles. The van der Waals surface area contributed by atoms with Crippen LogP contribution in [0.3, 0.4) is 0 Å². The highest BCUT2D eigenvalue weighted by atomic mass is 15.1. The first kappa shape index (κ1) is 7.14. The second-order valence-corrected chi connectivity index (χ2v) is 10.5. The summed E-state index contributed by atoms with van der Waals surface area (Å²) in [5, 5.41) is 0. The molecule has 12 fully saturated rings. The van der Waals surface area contributed by atoms with Crippen LogP contribution in [-0.2, 0) is 0 Å². The SMILES string of the molecule is C(CC12C3C4C5C3C1C5C42)C12C3C4C5C3C1C5C42. The van der Waals surface area contributed by atoms with E-state index in [0.29, 0.717) is 0 Å². The molecule has 0 atom stereocenters. The van der Waals surface area contributed by atoms with E-state index in [1.54, 1.807) is 12.8 Å². The summed E-state index contributed by atoms with van der Waals surface area (Å²) >= 11 is 0. The molecule has 0 amide bonds. The van der Waals surface area contributed by atoms with Crippen LogP contribution >= 0.6 is 0 Å². The van der Waals surface area contributed by atoms with Gasteiger partial charge in [-0.3, -0.25) is 0 Å². The molecule has 0 aliphatic heterocycles. The first-order chi connectivity index (χ1) is 8.94. The van der Waals surface area contributed by atoms with E-state index in [1.165, 1.54) is 82.9 Å². The third kappa shape index (κ3) is 0.272. The van der Waals surface area contributed by atoms with Gasteiger partial charge in [-0.1, -0.05) is 0 Å². The Morgan fingerprint density at radius 3 is 0.944 bits per heavy atom. The van der Waals surface area contributed by atoms with Gasteiger partial charge >= 0.3 is 0 Å². The highest BCUT2D eigenvalue weighted by Gasteiger charge is 3.06. The smallest absolute Gasteiger partial charge is 0.0195 e. The van der Waals surface area contributed by atoms with Gasteiger partial charge in [0, 0.05) is 0 Å². The highest BCUT2D eigenvalue weighted by molar-refractivity contribution is 5.52. The van der Waals surface area contributed by atoms with Crippen molar-refractivity contribution < 1.29 is 0 Å². The third-order valence-electron chi connectivity index (χ3n) is 12.4. The van der Waals surface area contributed by atoms with Gasteiger partial charge in [0.1, 0.15) is 0 Å². The number of hydrogen-bond donors (Lipinski definition) is 0. The predicted molar refractivity (Wildman–Crippen MR) is 63.0 cm³/mol. The van der Waals surface area contributed by atoms with Gasteiger partial charge in [0.25, 0.3) is 0 Å². The van der Waals surface area contributed by atoms with Gasteiger partial charge in [-0.15, -0.1) is 0 Å². The van der Waals surface area contributed by atoms with Crippen LogP contribution in [0.1, 0.15) is 12.8 Å². The van der Waals surface area contributed by atoms with Crippen molar-refractivity contribution in [1.82, 2.24) is 0 Å². The Labute approximate surface area is 107 Å². The summed E-state index contributed by atoms with van der Waals surface area (Å²) in [6, 6.07) is 0. The van der Waals surface area contributed by atoms with Crippen LogP contribution in [0.25, 0.3) is 0 Å². The normalized spacial score (nSPS) is 107. The van der Waals surface area contributed by atoms with Crippen LogP contribution in [-0.4, -0.2) is 0 Å². The Bertz CT molecular complexity index is 485. The van der Waals surface area contributed by atoms with Gasteiger partial charge in [0.2, 0.25) is 0 Å². The zero-order valence-corrected chi connectivity index (χ0v) is 10.5. The fourth-order valence-electron chi connectivity index (χ4n) is 12.8. The first-order valence-corrected chi connectivity index (χ1v) is 8.94. The topological polar surface area (TPSA) is 0 Å². The summed E-state index contributed by atoms with van der Waals surface area (Å²) in [6.45, 7) is 0. The summed E-state index contributed by atoms with van der Waals surface area (Å²) in [7, 11) is 0. The van der Waals surface area contributed by atoms with Crippen LogP contribution in [0, 0.1) is 93.7 Å². The second-order valence-electron chi connectivity index (χ2n) is 10.5. The van der Waals surface area contributed by atoms with Gasteiger partial charge in [-0.05, 0) is 107 Å².